The number of ether oxygens (including phenoxy) is 2. The highest BCUT2D eigenvalue weighted by atomic mass is 16.6. The first-order chi connectivity index (χ1) is 14.7. The molecule has 1 aliphatic rings. The van der Waals surface area contributed by atoms with Crippen LogP contribution in [0.15, 0.2) is 48.8 Å². The van der Waals surface area contributed by atoms with Crippen LogP contribution in [0.25, 0.3) is 0 Å². The lowest BCUT2D eigenvalue weighted by molar-refractivity contribution is -0.126. The van der Waals surface area contributed by atoms with Crippen molar-refractivity contribution in [3.8, 4) is 5.75 Å². The van der Waals surface area contributed by atoms with Crippen LogP contribution in [0.1, 0.15) is 57.7 Å². The van der Waals surface area contributed by atoms with Crippen LogP contribution < -0.4 is 10.1 Å². The van der Waals surface area contributed by atoms with Crippen LogP contribution in [-0.2, 0) is 16.1 Å². The van der Waals surface area contributed by atoms with E-state index in [-0.39, 0.29) is 11.9 Å². The zero-order valence-corrected chi connectivity index (χ0v) is 18.6. The second-order valence-electron chi connectivity index (χ2n) is 8.78. The maximum absolute atomic E-state index is 12.8. The van der Waals surface area contributed by atoms with Gasteiger partial charge in [0.1, 0.15) is 24.0 Å². The minimum absolute atomic E-state index is 0.159. The number of hydrogen-bond acceptors (Lipinski definition) is 5. The van der Waals surface area contributed by atoms with E-state index in [4.69, 9.17) is 9.47 Å². The first kappa shape index (κ1) is 22.6. The molecule has 1 N–H and O–H groups in total. The molecule has 166 valence electrons. The van der Waals surface area contributed by atoms with Gasteiger partial charge in [-0.1, -0.05) is 18.2 Å². The van der Waals surface area contributed by atoms with E-state index in [2.05, 4.69) is 10.3 Å². The molecule has 7 nitrogen and oxygen atoms in total. The average molecular weight is 426 g/mol. The molecular formula is C24H31N3O4. The number of pyridine rings is 1. The molecule has 1 aliphatic heterocycles. The number of hydrogen-bond donors (Lipinski definition) is 1. The van der Waals surface area contributed by atoms with Gasteiger partial charge in [-0.25, -0.2) is 4.79 Å². The highest BCUT2D eigenvalue weighted by Crippen LogP contribution is 2.23. The summed E-state index contributed by atoms with van der Waals surface area (Å²) in [5.74, 6) is 0.589. The molecule has 3 rings (SSSR count). The summed E-state index contributed by atoms with van der Waals surface area (Å²) in [6.07, 6.45) is 4.49. The molecule has 1 fully saturated rings. The van der Waals surface area contributed by atoms with Gasteiger partial charge in [0.25, 0.3) is 0 Å². The van der Waals surface area contributed by atoms with Crippen LogP contribution >= 0.6 is 0 Å². The van der Waals surface area contributed by atoms with Crippen molar-refractivity contribution in [2.45, 2.75) is 64.8 Å². The monoisotopic (exact) mass is 425 g/mol. The molecule has 0 aliphatic carbocycles. The van der Waals surface area contributed by atoms with Crippen LogP contribution in [0.5, 0.6) is 5.75 Å². The number of nitrogens with zero attached hydrogens (tertiary/aromatic N) is 2. The smallest absolute Gasteiger partial charge is 0.410 e. The molecule has 1 aromatic heterocycles. The van der Waals surface area contributed by atoms with Crippen LogP contribution in [0.4, 0.5) is 4.79 Å². The summed E-state index contributed by atoms with van der Waals surface area (Å²) in [6.45, 7) is 8.37. The van der Waals surface area contributed by atoms with Gasteiger partial charge in [0.15, 0.2) is 0 Å². The first-order valence-corrected chi connectivity index (χ1v) is 10.6. The molecule has 1 unspecified atom stereocenters. The average Bonchev–Trinajstić information content (AvgIpc) is 3.22. The van der Waals surface area contributed by atoms with E-state index in [1.54, 1.807) is 12.4 Å². The van der Waals surface area contributed by atoms with Crippen molar-refractivity contribution in [1.29, 1.82) is 0 Å². The van der Waals surface area contributed by atoms with Crippen LogP contribution in [0.3, 0.4) is 0 Å². The van der Waals surface area contributed by atoms with Crippen molar-refractivity contribution in [2.24, 2.45) is 0 Å². The third-order valence-corrected chi connectivity index (χ3v) is 5.05. The van der Waals surface area contributed by atoms with E-state index in [1.165, 1.54) is 4.90 Å². The van der Waals surface area contributed by atoms with Gasteiger partial charge in [0, 0.05) is 24.5 Å². The SMILES string of the molecule is CC(NC(=O)[C@@H]1CCCN1C(=O)OC(C)(C)C)c1ccc(OCc2cccnc2)cc1. The highest BCUT2D eigenvalue weighted by Gasteiger charge is 2.37. The number of carbonyl (C=O) groups excluding carboxylic acids is 2. The predicted octanol–water partition coefficient (Wildman–Crippen LogP) is 4.24. The molecule has 7 heteroatoms. The maximum Gasteiger partial charge on any atom is 0.410 e. The molecule has 2 aromatic rings. The van der Waals surface area contributed by atoms with E-state index in [0.717, 1.165) is 23.3 Å². The Morgan fingerprint density at radius 3 is 2.61 bits per heavy atom. The number of nitrogens with one attached hydrogen (secondary N) is 1. The predicted molar refractivity (Wildman–Crippen MR) is 118 cm³/mol. The van der Waals surface area contributed by atoms with Crippen molar-refractivity contribution in [3.05, 3.63) is 59.9 Å². The zero-order chi connectivity index (χ0) is 22.4. The molecule has 0 spiro atoms. The molecule has 1 aromatic carbocycles. The van der Waals surface area contributed by atoms with Gasteiger partial charge in [0.05, 0.1) is 6.04 Å². The Balaban J connectivity index is 1.54. The summed E-state index contributed by atoms with van der Waals surface area (Å²) in [6, 6.07) is 10.8. The van der Waals surface area contributed by atoms with E-state index in [1.807, 2.05) is 64.1 Å². The Bertz CT molecular complexity index is 878. The second kappa shape index (κ2) is 9.81. The minimum Gasteiger partial charge on any atom is -0.489 e. The van der Waals surface area contributed by atoms with Crippen LogP contribution in [0, 0.1) is 0 Å². The fourth-order valence-electron chi connectivity index (χ4n) is 3.47. The Morgan fingerprint density at radius 1 is 1.23 bits per heavy atom. The topological polar surface area (TPSA) is 80.8 Å². The summed E-state index contributed by atoms with van der Waals surface area (Å²) in [7, 11) is 0. The van der Waals surface area contributed by atoms with Gasteiger partial charge < -0.3 is 14.8 Å². The van der Waals surface area contributed by atoms with Gasteiger partial charge in [-0.2, -0.15) is 0 Å². The van der Waals surface area contributed by atoms with E-state index in [9.17, 15) is 9.59 Å². The first-order valence-electron chi connectivity index (χ1n) is 10.6. The molecule has 2 amide bonds. The Labute approximate surface area is 183 Å². The molecule has 2 heterocycles. The van der Waals surface area contributed by atoms with Crippen LogP contribution in [0.2, 0.25) is 0 Å². The van der Waals surface area contributed by atoms with E-state index in [0.29, 0.717) is 19.6 Å². The lowest BCUT2D eigenvalue weighted by Gasteiger charge is -2.28. The fourth-order valence-corrected chi connectivity index (χ4v) is 3.47. The Kier molecular flexibility index (Phi) is 7.15. The third kappa shape index (κ3) is 6.44. The standard InChI is InChI=1S/C24H31N3O4/c1-17(19-9-11-20(12-10-19)30-16-18-7-5-13-25-15-18)26-22(28)21-8-6-14-27(21)23(29)31-24(2,3)4/h5,7,9-13,15,17,21H,6,8,14,16H2,1-4H3,(H,26,28)/t17?,21-/m0/s1. The van der Waals surface area contributed by atoms with Gasteiger partial charge in [-0.05, 0) is 64.3 Å². The third-order valence-electron chi connectivity index (χ3n) is 5.05. The number of benzene rings is 1. The van der Waals surface area contributed by atoms with Crippen molar-refractivity contribution >= 4 is 12.0 Å². The minimum atomic E-state index is -0.588. The number of amides is 2. The molecule has 2 atom stereocenters. The fraction of sp³-hybridized carbons (Fsp3) is 0.458. The number of aromatic nitrogens is 1. The summed E-state index contributed by atoms with van der Waals surface area (Å²) in [5, 5.41) is 3.03. The largest absolute Gasteiger partial charge is 0.489 e. The lowest BCUT2D eigenvalue weighted by atomic mass is 10.1. The summed E-state index contributed by atoms with van der Waals surface area (Å²) in [5.41, 5.74) is 1.37. The molecule has 0 bridgehead atoms. The second-order valence-corrected chi connectivity index (χ2v) is 8.78. The van der Waals surface area contributed by atoms with Gasteiger partial charge in [-0.3, -0.25) is 14.7 Å². The van der Waals surface area contributed by atoms with E-state index < -0.39 is 17.7 Å². The summed E-state index contributed by atoms with van der Waals surface area (Å²) in [4.78, 5) is 30.9. The number of carbonyl (C=O) groups is 2. The van der Waals surface area contributed by atoms with Crippen LogP contribution in [-0.4, -0.2) is 40.1 Å². The molecule has 0 saturated carbocycles. The van der Waals surface area contributed by atoms with Crippen molar-refractivity contribution in [2.75, 3.05) is 6.54 Å². The highest BCUT2D eigenvalue weighted by molar-refractivity contribution is 5.86. The van der Waals surface area contributed by atoms with E-state index >= 15 is 0 Å². The molecule has 31 heavy (non-hydrogen) atoms. The van der Waals surface area contributed by atoms with Gasteiger partial charge >= 0.3 is 6.09 Å². The normalized spacial score (nSPS) is 17.2. The number of rotatable bonds is 6. The maximum atomic E-state index is 12.8. The van der Waals surface area contributed by atoms with Crippen molar-refractivity contribution in [3.63, 3.8) is 0 Å². The number of likely N-dealkylation sites (tertiary alicyclic amines) is 1. The quantitative estimate of drug-likeness (QED) is 0.749. The molecule has 0 radical (unpaired) electrons. The molecule has 1 saturated heterocycles. The zero-order valence-electron chi connectivity index (χ0n) is 18.6. The Morgan fingerprint density at radius 2 is 1.97 bits per heavy atom. The Hall–Kier alpha value is -3.09. The van der Waals surface area contributed by atoms with Crippen molar-refractivity contribution < 1.29 is 19.1 Å². The summed E-state index contributed by atoms with van der Waals surface area (Å²) >= 11 is 0. The van der Waals surface area contributed by atoms with Crippen molar-refractivity contribution in [1.82, 2.24) is 15.2 Å². The van der Waals surface area contributed by atoms with Gasteiger partial charge in [0.2, 0.25) is 5.91 Å². The van der Waals surface area contributed by atoms with Gasteiger partial charge in [-0.15, -0.1) is 0 Å². The molecular weight excluding hydrogens is 394 g/mol. The lowest BCUT2D eigenvalue weighted by Crippen LogP contribution is -2.48. The summed E-state index contributed by atoms with van der Waals surface area (Å²) < 4.78 is 11.2.